The Bertz CT molecular complexity index is 653. The van der Waals surface area contributed by atoms with Crippen LogP contribution in [-0.4, -0.2) is 28.8 Å². The lowest BCUT2D eigenvalue weighted by molar-refractivity contribution is -0.129. The van der Waals surface area contributed by atoms with Crippen molar-refractivity contribution in [2.24, 2.45) is 40.4 Å². The van der Waals surface area contributed by atoms with E-state index >= 15 is 0 Å². The third-order valence-electron chi connectivity index (χ3n) is 10.3. The summed E-state index contributed by atoms with van der Waals surface area (Å²) in [5.74, 6) is 4.55. The van der Waals surface area contributed by atoms with Gasteiger partial charge in [-0.25, -0.2) is 0 Å². The minimum absolute atomic E-state index is 0.444. The van der Waals surface area contributed by atoms with Gasteiger partial charge in [-0.2, -0.15) is 0 Å². The summed E-state index contributed by atoms with van der Waals surface area (Å²) in [4.78, 5) is 0. The minimum atomic E-state index is -1.48. The number of fused-ring (bicyclic) bond motifs is 5. The molecule has 0 aromatic carbocycles. The van der Waals surface area contributed by atoms with Crippen LogP contribution >= 0.6 is 0 Å². The van der Waals surface area contributed by atoms with E-state index in [1.165, 1.54) is 57.8 Å². The van der Waals surface area contributed by atoms with E-state index in [1.807, 2.05) is 0 Å². The highest BCUT2D eigenvalue weighted by atomic mass is 28.4. The standard InChI is InChI=1S/C27H52O2Si2/c1-19(28-30(4,5)6)23-12-13-24-22-11-10-20-18-21(29-31(7,8)9)14-16-26(20,2)25(22)15-17-27(23,24)3/h19-25H,10-18H2,1-9H3/t19-,20-,21-,22?,23?,24?,25?,26?,27?/m0/s1. The van der Waals surface area contributed by atoms with Gasteiger partial charge in [0, 0.05) is 12.2 Å². The lowest BCUT2D eigenvalue weighted by Gasteiger charge is -2.61. The highest BCUT2D eigenvalue weighted by Crippen LogP contribution is 2.68. The summed E-state index contributed by atoms with van der Waals surface area (Å²) < 4.78 is 13.3. The summed E-state index contributed by atoms with van der Waals surface area (Å²) in [5, 5.41) is 0. The zero-order valence-corrected chi connectivity index (χ0v) is 24.2. The summed E-state index contributed by atoms with van der Waals surface area (Å²) in [6.07, 6.45) is 13.8. The van der Waals surface area contributed by atoms with Crippen molar-refractivity contribution in [1.82, 2.24) is 0 Å². The van der Waals surface area contributed by atoms with E-state index < -0.39 is 16.6 Å². The first-order valence-corrected chi connectivity index (χ1v) is 20.4. The predicted molar refractivity (Wildman–Crippen MR) is 137 cm³/mol. The summed E-state index contributed by atoms with van der Waals surface area (Å²) in [7, 11) is -2.91. The van der Waals surface area contributed by atoms with Gasteiger partial charge in [0.2, 0.25) is 0 Å². The van der Waals surface area contributed by atoms with Gasteiger partial charge < -0.3 is 8.85 Å². The van der Waals surface area contributed by atoms with E-state index in [9.17, 15) is 0 Å². The molecule has 0 radical (unpaired) electrons. The molecule has 4 aliphatic rings. The number of hydrogen-bond acceptors (Lipinski definition) is 2. The molecule has 4 aliphatic carbocycles. The molecule has 4 rings (SSSR count). The van der Waals surface area contributed by atoms with Crippen molar-refractivity contribution in [3.63, 3.8) is 0 Å². The van der Waals surface area contributed by atoms with Crippen LogP contribution in [0.1, 0.15) is 78.6 Å². The molecule has 0 bridgehead atoms. The van der Waals surface area contributed by atoms with Crippen molar-refractivity contribution in [3.8, 4) is 0 Å². The van der Waals surface area contributed by atoms with Crippen LogP contribution in [0.25, 0.3) is 0 Å². The first-order valence-electron chi connectivity index (χ1n) is 13.6. The molecule has 0 N–H and O–H groups in total. The Morgan fingerprint density at radius 3 is 2.03 bits per heavy atom. The fourth-order valence-corrected chi connectivity index (χ4v) is 11.8. The molecule has 0 aromatic heterocycles. The highest BCUT2D eigenvalue weighted by Gasteiger charge is 2.61. The largest absolute Gasteiger partial charge is 0.415 e. The maximum Gasteiger partial charge on any atom is 0.184 e. The quantitative estimate of drug-likeness (QED) is 0.382. The molecule has 180 valence electrons. The van der Waals surface area contributed by atoms with E-state index in [-0.39, 0.29) is 0 Å². The van der Waals surface area contributed by atoms with Crippen molar-refractivity contribution >= 4 is 16.6 Å². The predicted octanol–water partition coefficient (Wildman–Crippen LogP) is 8.11. The Balaban J connectivity index is 1.48. The van der Waals surface area contributed by atoms with Gasteiger partial charge in [-0.15, -0.1) is 0 Å². The Labute approximate surface area is 195 Å². The third-order valence-corrected chi connectivity index (χ3v) is 12.4. The maximum atomic E-state index is 6.66. The van der Waals surface area contributed by atoms with Crippen molar-refractivity contribution in [2.75, 3.05) is 0 Å². The molecule has 0 heterocycles. The molecular formula is C27H52O2Si2. The van der Waals surface area contributed by atoms with Gasteiger partial charge in [0.05, 0.1) is 0 Å². The van der Waals surface area contributed by atoms with Crippen LogP contribution in [0.2, 0.25) is 39.3 Å². The van der Waals surface area contributed by atoms with E-state index in [2.05, 4.69) is 60.1 Å². The van der Waals surface area contributed by atoms with Crippen molar-refractivity contribution in [3.05, 3.63) is 0 Å². The minimum Gasteiger partial charge on any atom is -0.415 e. The molecule has 4 saturated carbocycles. The molecule has 0 saturated heterocycles. The molecule has 0 aromatic rings. The molecule has 9 atom stereocenters. The van der Waals surface area contributed by atoms with E-state index in [0.29, 0.717) is 23.0 Å². The van der Waals surface area contributed by atoms with Gasteiger partial charge in [-0.05, 0) is 144 Å². The summed E-state index contributed by atoms with van der Waals surface area (Å²) in [6.45, 7) is 21.9. The van der Waals surface area contributed by atoms with Crippen molar-refractivity contribution in [1.29, 1.82) is 0 Å². The maximum absolute atomic E-state index is 6.66. The number of rotatable bonds is 5. The summed E-state index contributed by atoms with van der Waals surface area (Å²) in [5.41, 5.74) is 1.09. The average Bonchev–Trinajstić information content (AvgIpc) is 2.97. The Morgan fingerprint density at radius 1 is 0.742 bits per heavy atom. The first-order chi connectivity index (χ1) is 14.2. The molecule has 6 unspecified atom stereocenters. The second-order valence-corrected chi connectivity index (χ2v) is 23.4. The molecule has 31 heavy (non-hydrogen) atoms. The van der Waals surface area contributed by atoms with E-state index in [0.717, 1.165) is 29.6 Å². The van der Waals surface area contributed by atoms with Crippen LogP contribution < -0.4 is 0 Å². The Hall–Kier alpha value is 0.354. The molecule has 4 heteroatoms. The lowest BCUT2D eigenvalue weighted by Crippen LogP contribution is -2.55. The molecule has 2 nitrogen and oxygen atoms in total. The van der Waals surface area contributed by atoms with Crippen LogP contribution in [0.5, 0.6) is 0 Å². The van der Waals surface area contributed by atoms with Crippen LogP contribution in [0, 0.1) is 40.4 Å². The normalized spacial score (nSPS) is 46.7. The molecule has 4 fully saturated rings. The van der Waals surface area contributed by atoms with Gasteiger partial charge in [0.1, 0.15) is 0 Å². The van der Waals surface area contributed by atoms with Gasteiger partial charge in [0.15, 0.2) is 16.6 Å². The average molecular weight is 465 g/mol. The Morgan fingerprint density at radius 2 is 1.39 bits per heavy atom. The van der Waals surface area contributed by atoms with Crippen LogP contribution in [0.15, 0.2) is 0 Å². The smallest absolute Gasteiger partial charge is 0.184 e. The van der Waals surface area contributed by atoms with E-state index in [1.54, 1.807) is 0 Å². The lowest BCUT2D eigenvalue weighted by atomic mass is 9.44. The van der Waals surface area contributed by atoms with Gasteiger partial charge in [-0.3, -0.25) is 0 Å². The van der Waals surface area contributed by atoms with Crippen molar-refractivity contribution < 1.29 is 8.85 Å². The summed E-state index contributed by atoms with van der Waals surface area (Å²) in [6, 6.07) is 0. The second-order valence-electron chi connectivity index (χ2n) is 14.4. The fourth-order valence-electron chi connectivity index (χ4n) is 9.28. The summed E-state index contributed by atoms with van der Waals surface area (Å²) >= 11 is 0. The molecular weight excluding hydrogens is 412 g/mol. The van der Waals surface area contributed by atoms with Gasteiger partial charge in [-0.1, -0.05) is 13.8 Å². The first kappa shape index (κ1) is 24.5. The Kier molecular flexibility index (Phi) is 6.50. The third kappa shape index (κ3) is 4.66. The molecule has 0 amide bonds. The van der Waals surface area contributed by atoms with Crippen LogP contribution in [0.3, 0.4) is 0 Å². The van der Waals surface area contributed by atoms with Crippen LogP contribution in [0.4, 0.5) is 0 Å². The van der Waals surface area contributed by atoms with E-state index in [4.69, 9.17) is 8.85 Å². The van der Waals surface area contributed by atoms with Crippen molar-refractivity contribution in [2.45, 2.75) is 130 Å². The van der Waals surface area contributed by atoms with Gasteiger partial charge in [0.25, 0.3) is 0 Å². The monoisotopic (exact) mass is 464 g/mol. The topological polar surface area (TPSA) is 18.5 Å². The van der Waals surface area contributed by atoms with Gasteiger partial charge >= 0.3 is 0 Å². The zero-order chi connectivity index (χ0) is 22.8. The second kappa shape index (κ2) is 8.24. The highest BCUT2D eigenvalue weighted by molar-refractivity contribution is 6.70. The SMILES string of the molecule is C[C@H](O[Si](C)(C)C)C1CCC2C3CC[C@H]4C[C@@H](O[Si](C)(C)C)CCC4(C)C3CCC21C. The zero-order valence-electron chi connectivity index (χ0n) is 22.2. The molecule has 0 aliphatic heterocycles. The fraction of sp³-hybridized carbons (Fsp3) is 1.00. The number of hydrogen-bond donors (Lipinski definition) is 0. The molecule has 0 spiro atoms. The van der Waals surface area contributed by atoms with Crippen LogP contribution in [-0.2, 0) is 8.85 Å².